The highest BCUT2D eigenvalue weighted by molar-refractivity contribution is 7.99. The molecule has 0 atom stereocenters. The van der Waals surface area contributed by atoms with Crippen molar-refractivity contribution in [2.75, 3.05) is 0 Å². The third-order valence-corrected chi connectivity index (χ3v) is 3.02. The van der Waals surface area contributed by atoms with E-state index in [2.05, 4.69) is 15.0 Å². The minimum absolute atomic E-state index is 0.485. The maximum absolute atomic E-state index is 5.82. The molecular formula is C10H8ClN3S. The van der Waals surface area contributed by atoms with E-state index in [1.54, 1.807) is 24.7 Å². The number of rotatable bonds is 2. The van der Waals surface area contributed by atoms with Crippen LogP contribution in [0, 0.1) is 6.92 Å². The minimum atomic E-state index is 0.485. The van der Waals surface area contributed by atoms with Gasteiger partial charge < -0.3 is 0 Å². The molecular weight excluding hydrogens is 230 g/mol. The van der Waals surface area contributed by atoms with E-state index in [0.29, 0.717) is 10.3 Å². The minimum Gasteiger partial charge on any atom is -0.244 e. The molecule has 15 heavy (non-hydrogen) atoms. The third-order valence-electron chi connectivity index (χ3n) is 1.76. The maximum atomic E-state index is 5.82. The molecule has 0 N–H and O–H groups in total. The van der Waals surface area contributed by atoms with Gasteiger partial charge in [0, 0.05) is 23.5 Å². The van der Waals surface area contributed by atoms with Crippen LogP contribution in [-0.4, -0.2) is 15.0 Å². The number of nitrogens with zero attached hydrogens (tertiary/aromatic N) is 3. The van der Waals surface area contributed by atoms with Crippen molar-refractivity contribution in [2.24, 2.45) is 0 Å². The summed E-state index contributed by atoms with van der Waals surface area (Å²) >= 11 is 7.30. The second-order valence-electron chi connectivity index (χ2n) is 2.91. The Morgan fingerprint density at radius 1 is 1.20 bits per heavy atom. The Morgan fingerprint density at radius 3 is 2.67 bits per heavy atom. The van der Waals surface area contributed by atoms with E-state index in [1.165, 1.54) is 11.8 Å². The first kappa shape index (κ1) is 10.4. The highest BCUT2D eigenvalue weighted by atomic mass is 35.5. The van der Waals surface area contributed by atoms with E-state index < -0.39 is 0 Å². The first-order chi connectivity index (χ1) is 7.25. The van der Waals surface area contributed by atoms with E-state index in [1.807, 2.05) is 13.0 Å². The molecule has 2 aromatic heterocycles. The van der Waals surface area contributed by atoms with E-state index in [0.717, 1.165) is 10.5 Å². The first-order valence-electron chi connectivity index (χ1n) is 4.33. The lowest BCUT2D eigenvalue weighted by Crippen LogP contribution is -1.87. The van der Waals surface area contributed by atoms with Gasteiger partial charge in [0.05, 0.1) is 0 Å². The van der Waals surface area contributed by atoms with Gasteiger partial charge in [-0.05, 0) is 36.4 Å². The van der Waals surface area contributed by atoms with Crippen molar-refractivity contribution in [1.29, 1.82) is 0 Å². The Bertz CT molecular complexity index is 461. The number of halogens is 1. The molecule has 0 aliphatic heterocycles. The van der Waals surface area contributed by atoms with E-state index in [9.17, 15) is 0 Å². The number of hydrogen-bond acceptors (Lipinski definition) is 4. The first-order valence-corrected chi connectivity index (χ1v) is 5.52. The molecule has 0 aromatic carbocycles. The average molecular weight is 238 g/mol. The van der Waals surface area contributed by atoms with Crippen molar-refractivity contribution in [3.8, 4) is 0 Å². The standard InChI is InChI=1S/C10H8ClN3S/c1-7-6-14-9(11)5-8(7)15-10-12-3-2-4-13-10/h2-6H,1H3. The van der Waals surface area contributed by atoms with E-state index in [4.69, 9.17) is 11.6 Å². The van der Waals surface area contributed by atoms with Gasteiger partial charge in [0.1, 0.15) is 5.15 Å². The van der Waals surface area contributed by atoms with E-state index >= 15 is 0 Å². The molecule has 0 aliphatic rings. The van der Waals surface area contributed by atoms with Gasteiger partial charge in [-0.3, -0.25) is 0 Å². The Hall–Kier alpha value is -1.13. The van der Waals surface area contributed by atoms with Crippen LogP contribution in [0.3, 0.4) is 0 Å². The number of aryl methyl sites for hydroxylation is 1. The third kappa shape index (κ3) is 2.67. The van der Waals surface area contributed by atoms with Gasteiger partial charge in [-0.1, -0.05) is 11.6 Å². The summed E-state index contributed by atoms with van der Waals surface area (Å²) in [5.41, 5.74) is 1.07. The molecule has 0 saturated heterocycles. The monoisotopic (exact) mass is 237 g/mol. The summed E-state index contributed by atoms with van der Waals surface area (Å²) in [6.45, 7) is 1.98. The lowest BCUT2D eigenvalue weighted by atomic mass is 10.3. The normalized spacial score (nSPS) is 10.3. The van der Waals surface area contributed by atoms with Gasteiger partial charge in [0.15, 0.2) is 5.16 Å². The Kier molecular flexibility index (Phi) is 3.18. The summed E-state index contributed by atoms with van der Waals surface area (Å²) in [6, 6.07) is 3.61. The fourth-order valence-corrected chi connectivity index (χ4v) is 2.06. The molecule has 0 fully saturated rings. The molecule has 0 aliphatic carbocycles. The van der Waals surface area contributed by atoms with Crippen LogP contribution in [0.2, 0.25) is 5.15 Å². The number of aromatic nitrogens is 3. The SMILES string of the molecule is Cc1cnc(Cl)cc1Sc1ncccn1. The van der Waals surface area contributed by atoms with Gasteiger partial charge in [-0.2, -0.15) is 0 Å². The summed E-state index contributed by atoms with van der Waals surface area (Å²) < 4.78 is 0. The Labute approximate surface area is 96.9 Å². The van der Waals surface area contributed by atoms with Crippen LogP contribution < -0.4 is 0 Å². The van der Waals surface area contributed by atoms with Crippen LogP contribution in [0.4, 0.5) is 0 Å². The summed E-state index contributed by atoms with van der Waals surface area (Å²) in [4.78, 5) is 13.3. The quantitative estimate of drug-likeness (QED) is 0.595. The maximum Gasteiger partial charge on any atom is 0.192 e. The number of hydrogen-bond donors (Lipinski definition) is 0. The predicted octanol–water partition coefficient (Wildman–Crippen LogP) is 2.98. The van der Waals surface area contributed by atoms with Gasteiger partial charge in [-0.25, -0.2) is 15.0 Å². The van der Waals surface area contributed by atoms with Gasteiger partial charge >= 0.3 is 0 Å². The zero-order chi connectivity index (χ0) is 10.7. The van der Waals surface area contributed by atoms with Crippen molar-refractivity contribution < 1.29 is 0 Å². The summed E-state index contributed by atoms with van der Waals surface area (Å²) in [6.07, 6.45) is 5.18. The van der Waals surface area contributed by atoms with Crippen molar-refractivity contribution in [1.82, 2.24) is 15.0 Å². The predicted molar refractivity (Wildman–Crippen MR) is 60.1 cm³/mol. The summed E-state index contributed by atoms with van der Waals surface area (Å²) in [7, 11) is 0. The molecule has 0 unspecified atom stereocenters. The molecule has 0 radical (unpaired) electrons. The molecule has 2 heterocycles. The summed E-state index contributed by atoms with van der Waals surface area (Å²) in [5.74, 6) is 0. The van der Waals surface area contributed by atoms with Crippen LogP contribution in [0.5, 0.6) is 0 Å². The fourth-order valence-electron chi connectivity index (χ4n) is 1.03. The van der Waals surface area contributed by atoms with Crippen LogP contribution in [-0.2, 0) is 0 Å². The smallest absolute Gasteiger partial charge is 0.192 e. The molecule has 5 heteroatoms. The molecule has 0 amide bonds. The second kappa shape index (κ2) is 4.59. The van der Waals surface area contributed by atoms with Crippen molar-refractivity contribution in [3.05, 3.63) is 41.4 Å². The topological polar surface area (TPSA) is 38.7 Å². The van der Waals surface area contributed by atoms with Crippen LogP contribution in [0.25, 0.3) is 0 Å². The molecule has 0 bridgehead atoms. The lowest BCUT2D eigenvalue weighted by molar-refractivity contribution is 0.965. The molecule has 2 aromatic rings. The lowest BCUT2D eigenvalue weighted by Gasteiger charge is -2.03. The van der Waals surface area contributed by atoms with Gasteiger partial charge in [0.25, 0.3) is 0 Å². The van der Waals surface area contributed by atoms with Gasteiger partial charge in [-0.15, -0.1) is 0 Å². The zero-order valence-corrected chi connectivity index (χ0v) is 9.59. The zero-order valence-electron chi connectivity index (χ0n) is 8.01. The van der Waals surface area contributed by atoms with E-state index in [-0.39, 0.29) is 0 Å². The van der Waals surface area contributed by atoms with Crippen molar-refractivity contribution in [3.63, 3.8) is 0 Å². The average Bonchev–Trinajstić information content (AvgIpc) is 2.25. The molecule has 76 valence electrons. The van der Waals surface area contributed by atoms with Crippen LogP contribution in [0.1, 0.15) is 5.56 Å². The molecule has 3 nitrogen and oxygen atoms in total. The van der Waals surface area contributed by atoms with Gasteiger partial charge in [0.2, 0.25) is 0 Å². The highest BCUT2D eigenvalue weighted by Crippen LogP contribution is 2.28. The van der Waals surface area contributed by atoms with Crippen LogP contribution >= 0.6 is 23.4 Å². The highest BCUT2D eigenvalue weighted by Gasteiger charge is 2.04. The fraction of sp³-hybridized carbons (Fsp3) is 0.100. The van der Waals surface area contributed by atoms with Crippen molar-refractivity contribution in [2.45, 2.75) is 17.0 Å². The molecule has 0 saturated carbocycles. The largest absolute Gasteiger partial charge is 0.244 e. The Morgan fingerprint density at radius 2 is 1.93 bits per heavy atom. The van der Waals surface area contributed by atoms with Crippen molar-refractivity contribution >= 4 is 23.4 Å². The number of pyridine rings is 1. The summed E-state index contributed by atoms with van der Waals surface area (Å²) in [5, 5.41) is 1.20. The van der Waals surface area contributed by atoms with Crippen LogP contribution in [0.15, 0.2) is 40.8 Å². The second-order valence-corrected chi connectivity index (χ2v) is 4.30. The molecule has 2 rings (SSSR count). The molecule has 0 spiro atoms. The Balaban J connectivity index is 2.28.